The molecule has 1 unspecified atom stereocenters. The fourth-order valence-corrected chi connectivity index (χ4v) is 1.42. The zero-order valence-electron chi connectivity index (χ0n) is 9.45. The Morgan fingerprint density at radius 2 is 1.89 bits per heavy atom. The quantitative estimate of drug-likeness (QED) is 0.854. The normalized spacial score (nSPS) is 12.7. The molecule has 2 N–H and O–H groups in total. The van der Waals surface area contributed by atoms with Crippen molar-refractivity contribution in [2.75, 3.05) is 0 Å². The summed E-state index contributed by atoms with van der Waals surface area (Å²) >= 11 is 0. The van der Waals surface area contributed by atoms with Crippen LogP contribution in [0.3, 0.4) is 0 Å². The lowest BCUT2D eigenvalue weighted by Gasteiger charge is -1.98. The molecule has 1 atom stereocenters. The van der Waals surface area contributed by atoms with Crippen molar-refractivity contribution in [1.82, 2.24) is 10.1 Å². The third-order valence-corrected chi connectivity index (χ3v) is 2.20. The molecule has 2 aromatic rings. The number of hydrogen-bond acceptors (Lipinski definition) is 4. The molecule has 1 aromatic heterocycles. The third-order valence-electron chi connectivity index (χ3n) is 2.20. The Balaban J connectivity index is 2.34. The Morgan fingerprint density at radius 1 is 1.28 bits per heavy atom. The first-order chi connectivity index (χ1) is 8.47. The Kier molecular flexibility index (Phi) is 3.33. The van der Waals surface area contributed by atoms with E-state index >= 15 is 0 Å². The molecule has 7 heteroatoms. The summed E-state index contributed by atoms with van der Waals surface area (Å²) in [6.45, 7) is 1.76. The fourth-order valence-electron chi connectivity index (χ4n) is 1.42. The van der Waals surface area contributed by atoms with Gasteiger partial charge in [-0.25, -0.2) is 13.2 Å². The van der Waals surface area contributed by atoms with Crippen LogP contribution in [0.15, 0.2) is 16.7 Å². The first-order valence-electron chi connectivity index (χ1n) is 5.20. The van der Waals surface area contributed by atoms with Crippen molar-refractivity contribution in [3.05, 3.63) is 35.4 Å². The summed E-state index contributed by atoms with van der Waals surface area (Å²) in [6, 6.07) is 1.42. The molecule has 96 valence electrons. The molecule has 0 saturated heterocycles. The first kappa shape index (κ1) is 12.6. The highest BCUT2D eigenvalue weighted by Gasteiger charge is 2.16. The number of rotatable bonds is 3. The van der Waals surface area contributed by atoms with E-state index in [-0.39, 0.29) is 17.5 Å². The van der Waals surface area contributed by atoms with Gasteiger partial charge in [0.15, 0.2) is 23.3 Å². The van der Waals surface area contributed by atoms with Gasteiger partial charge in [-0.1, -0.05) is 5.16 Å². The average Bonchev–Trinajstić information content (AvgIpc) is 2.72. The Bertz CT molecular complexity index is 545. The van der Waals surface area contributed by atoms with Gasteiger partial charge in [0.1, 0.15) is 0 Å². The molecule has 0 saturated carbocycles. The van der Waals surface area contributed by atoms with Gasteiger partial charge in [0.05, 0.1) is 0 Å². The highest BCUT2D eigenvalue weighted by molar-refractivity contribution is 5.53. The van der Waals surface area contributed by atoms with Gasteiger partial charge in [-0.3, -0.25) is 0 Å². The Morgan fingerprint density at radius 3 is 2.44 bits per heavy atom. The minimum atomic E-state index is -1.53. The molecular weight excluding hydrogens is 247 g/mol. The van der Waals surface area contributed by atoms with Crippen LogP contribution in [0.1, 0.15) is 12.7 Å². The zero-order chi connectivity index (χ0) is 13.3. The van der Waals surface area contributed by atoms with Gasteiger partial charge in [-0.15, -0.1) is 0 Å². The van der Waals surface area contributed by atoms with E-state index in [0.717, 1.165) is 12.1 Å². The summed E-state index contributed by atoms with van der Waals surface area (Å²) < 4.78 is 43.6. The smallest absolute Gasteiger partial charge is 0.258 e. The van der Waals surface area contributed by atoms with E-state index in [1.807, 2.05) is 0 Å². The molecule has 1 heterocycles. The summed E-state index contributed by atoms with van der Waals surface area (Å²) in [5.41, 5.74) is 5.53. The summed E-state index contributed by atoms with van der Waals surface area (Å²) in [6.07, 6.45) is 0.371. The molecule has 0 bridgehead atoms. The fraction of sp³-hybridized carbons (Fsp3) is 0.273. The largest absolute Gasteiger partial charge is 0.334 e. The van der Waals surface area contributed by atoms with E-state index in [9.17, 15) is 13.2 Å². The Hall–Kier alpha value is -1.89. The van der Waals surface area contributed by atoms with Crippen molar-refractivity contribution in [1.29, 1.82) is 0 Å². The molecule has 0 aliphatic rings. The van der Waals surface area contributed by atoms with Gasteiger partial charge in [-0.05, 0) is 19.1 Å². The number of nitrogens with two attached hydrogens (primary N) is 1. The van der Waals surface area contributed by atoms with E-state index in [4.69, 9.17) is 10.3 Å². The van der Waals surface area contributed by atoms with Crippen LogP contribution in [0, 0.1) is 17.5 Å². The van der Waals surface area contributed by atoms with Gasteiger partial charge < -0.3 is 10.3 Å². The molecular formula is C11H10F3N3O. The van der Waals surface area contributed by atoms with Crippen LogP contribution in [0.25, 0.3) is 11.5 Å². The lowest BCUT2D eigenvalue weighted by Crippen LogP contribution is -2.18. The monoisotopic (exact) mass is 257 g/mol. The van der Waals surface area contributed by atoms with E-state index in [0.29, 0.717) is 12.2 Å². The SMILES string of the molecule is CC(N)Cc1noc(-c2cc(F)c(F)c(F)c2)n1. The summed E-state index contributed by atoms with van der Waals surface area (Å²) in [5, 5.41) is 3.61. The molecule has 4 nitrogen and oxygen atoms in total. The second-order valence-corrected chi connectivity index (χ2v) is 3.95. The van der Waals surface area contributed by atoms with E-state index in [1.165, 1.54) is 0 Å². The van der Waals surface area contributed by atoms with Crippen LogP contribution >= 0.6 is 0 Å². The van der Waals surface area contributed by atoms with Crippen molar-refractivity contribution in [3.63, 3.8) is 0 Å². The molecule has 0 amide bonds. The molecule has 0 fully saturated rings. The highest BCUT2D eigenvalue weighted by Crippen LogP contribution is 2.22. The molecule has 1 aromatic carbocycles. The van der Waals surface area contributed by atoms with Gasteiger partial charge in [0.2, 0.25) is 0 Å². The maximum atomic E-state index is 13.0. The standard InChI is InChI=1S/C11H10F3N3O/c1-5(15)2-9-16-11(18-17-9)6-3-7(12)10(14)8(13)4-6/h3-5H,2,15H2,1H3. The van der Waals surface area contributed by atoms with Crippen molar-refractivity contribution >= 4 is 0 Å². The molecule has 0 spiro atoms. The highest BCUT2D eigenvalue weighted by atomic mass is 19.2. The minimum absolute atomic E-state index is 0.0187. The number of hydrogen-bond donors (Lipinski definition) is 1. The molecule has 0 radical (unpaired) electrons. The second-order valence-electron chi connectivity index (χ2n) is 3.95. The average molecular weight is 257 g/mol. The van der Waals surface area contributed by atoms with Gasteiger partial charge >= 0.3 is 0 Å². The predicted molar refractivity (Wildman–Crippen MR) is 57.0 cm³/mol. The van der Waals surface area contributed by atoms with Crippen LogP contribution < -0.4 is 5.73 Å². The van der Waals surface area contributed by atoms with Crippen molar-refractivity contribution < 1.29 is 17.7 Å². The van der Waals surface area contributed by atoms with Crippen LogP contribution in [-0.4, -0.2) is 16.2 Å². The maximum absolute atomic E-state index is 13.0. The number of aromatic nitrogens is 2. The van der Waals surface area contributed by atoms with E-state index < -0.39 is 17.5 Å². The Labute approximate surface area is 101 Å². The summed E-state index contributed by atoms with van der Waals surface area (Å²) in [4.78, 5) is 3.92. The predicted octanol–water partition coefficient (Wildman–Crippen LogP) is 2.04. The van der Waals surface area contributed by atoms with Crippen molar-refractivity contribution in [2.45, 2.75) is 19.4 Å². The molecule has 18 heavy (non-hydrogen) atoms. The minimum Gasteiger partial charge on any atom is -0.334 e. The van der Waals surface area contributed by atoms with Crippen LogP contribution in [0.4, 0.5) is 13.2 Å². The van der Waals surface area contributed by atoms with Crippen molar-refractivity contribution in [3.8, 4) is 11.5 Å². The molecule has 0 aliphatic carbocycles. The van der Waals surface area contributed by atoms with E-state index in [1.54, 1.807) is 6.92 Å². The lowest BCUT2D eigenvalue weighted by molar-refractivity contribution is 0.417. The lowest BCUT2D eigenvalue weighted by atomic mass is 10.2. The molecule has 0 aliphatic heterocycles. The van der Waals surface area contributed by atoms with Gasteiger partial charge in [-0.2, -0.15) is 4.98 Å². The summed E-state index contributed by atoms with van der Waals surface area (Å²) in [7, 11) is 0. The second kappa shape index (κ2) is 4.77. The maximum Gasteiger partial charge on any atom is 0.258 e. The van der Waals surface area contributed by atoms with Gasteiger partial charge in [0.25, 0.3) is 5.89 Å². The van der Waals surface area contributed by atoms with E-state index in [2.05, 4.69) is 10.1 Å². The van der Waals surface area contributed by atoms with Crippen molar-refractivity contribution in [2.24, 2.45) is 5.73 Å². The van der Waals surface area contributed by atoms with Crippen LogP contribution in [-0.2, 0) is 6.42 Å². The van der Waals surface area contributed by atoms with Gasteiger partial charge in [0, 0.05) is 18.0 Å². The first-order valence-corrected chi connectivity index (χ1v) is 5.20. The van der Waals surface area contributed by atoms with Crippen LogP contribution in [0.2, 0.25) is 0 Å². The van der Waals surface area contributed by atoms with Crippen LogP contribution in [0.5, 0.6) is 0 Å². The summed E-state index contributed by atoms with van der Waals surface area (Å²) in [5.74, 6) is -3.91. The number of nitrogens with zero attached hydrogens (tertiary/aromatic N) is 2. The topological polar surface area (TPSA) is 64.9 Å². The zero-order valence-corrected chi connectivity index (χ0v) is 9.45. The number of benzene rings is 1. The third kappa shape index (κ3) is 2.51. The molecule has 2 rings (SSSR count). The number of halogens is 3.